The first-order chi connectivity index (χ1) is 4.10. The maximum absolute atomic E-state index is 5.40. The van der Waals surface area contributed by atoms with Gasteiger partial charge in [0.15, 0.2) is 0 Å². The van der Waals surface area contributed by atoms with E-state index in [9.17, 15) is 0 Å². The summed E-state index contributed by atoms with van der Waals surface area (Å²) in [5.41, 5.74) is 0.428. The van der Waals surface area contributed by atoms with Crippen LogP contribution in [0.1, 0.15) is 27.2 Å². The summed E-state index contributed by atoms with van der Waals surface area (Å²) < 4.78 is 5.40. The molecule has 1 nitrogen and oxygen atoms in total. The van der Waals surface area contributed by atoms with Crippen molar-refractivity contribution in [2.75, 3.05) is 13.2 Å². The lowest BCUT2D eigenvalue weighted by molar-refractivity contribution is -0.0187. The smallest absolute Gasteiger partial charge is 0.0517 e. The molecular weight excluding hydrogens is 112 g/mol. The Morgan fingerprint density at radius 1 is 1.44 bits per heavy atom. The molecular formula is C8H16O. The Balaban J connectivity index is 2.41. The fourth-order valence-corrected chi connectivity index (χ4v) is 1.60. The van der Waals surface area contributed by atoms with E-state index in [1.54, 1.807) is 0 Å². The monoisotopic (exact) mass is 128 g/mol. The fraction of sp³-hybridized carbons (Fsp3) is 1.00. The molecule has 0 aromatic rings. The highest BCUT2D eigenvalue weighted by Crippen LogP contribution is 2.29. The van der Waals surface area contributed by atoms with E-state index in [0.717, 1.165) is 19.1 Å². The van der Waals surface area contributed by atoms with Crippen LogP contribution in [0.25, 0.3) is 0 Å². The summed E-state index contributed by atoms with van der Waals surface area (Å²) in [6.07, 6.45) is 1.31. The standard InChI is InChI=1S/C8H16O/c1-7-4-8(2,3)6-9-5-7/h7H,4-6H2,1-3H3. The van der Waals surface area contributed by atoms with Crippen LogP contribution >= 0.6 is 0 Å². The van der Waals surface area contributed by atoms with Crippen molar-refractivity contribution in [1.82, 2.24) is 0 Å². The molecule has 0 bridgehead atoms. The summed E-state index contributed by atoms with van der Waals surface area (Å²) in [6, 6.07) is 0. The molecule has 0 N–H and O–H groups in total. The van der Waals surface area contributed by atoms with Gasteiger partial charge in [0.05, 0.1) is 6.61 Å². The Morgan fingerprint density at radius 2 is 2.11 bits per heavy atom. The van der Waals surface area contributed by atoms with Gasteiger partial charge in [-0.1, -0.05) is 20.8 Å². The van der Waals surface area contributed by atoms with Crippen LogP contribution < -0.4 is 0 Å². The molecule has 0 aliphatic carbocycles. The predicted octanol–water partition coefficient (Wildman–Crippen LogP) is 2.07. The van der Waals surface area contributed by atoms with E-state index in [4.69, 9.17) is 4.74 Å². The molecule has 1 saturated heterocycles. The lowest BCUT2D eigenvalue weighted by atomic mass is 9.83. The summed E-state index contributed by atoms with van der Waals surface area (Å²) in [6.45, 7) is 8.69. The van der Waals surface area contributed by atoms with E-state index in [1.165, 1.54) is 6.42 Å². The van der Waals surface area contributed by atoms with Gasteiger partial charge in [-0.3, -0.25) is 0 Å². The van der Waals surface area contributed by atoms with Crippen LogP contribution in [-0.2, 0) is 4.74 Å². The molecule has 9 heavy (non-hydrogen) atoms. The Hall–Kier alpha value is -0.0400. The molecule has 0 amide bonds. The van der Waals surface area contributed by atoms with Gasteiger partial charge in [-0.15, -0.1) is 0 Å². The third-order valence-electron chi connectivity index (χ3n) is 1.80. The van der Waals surface area contributed by atoms with Gasteiger partial charge in [0.2, 0.25) is 0 Å². The molecule has 54 valence electrons. The molecule has 0 spiro atoms. The largest absolute Gasteiger partial charge is 0.381 e. The quantitative estimate of drug-likeness (QED) is 0.485. The highest BCUT2D eigenvalue weighted by atomic mass is 16.5. The molecule has 0 aromatic carbocycles. The molecule has 1 fully saturated rings. The van der Waals surface area contributed by atoms with Gasteiger partial charge in [-0.25, -0.2) is 0 Å². The highest BCUT2D eigenvalue weighted by molar-refractivity contribution is 4.74. The first kappa shape index (κ1) is 7.07. The van der Waals surface area contributed by atoms with Crippen molar-refractivity contribution in [2.24, 2.45) is 11.3 Å². The zero-order valence-electron chi connectivity index (χ0n) is 6.61. The van der Waals surface area contributed by atoms with Crippen molar-refractivity contribution in [1.29, 1.82) is 0 Å². The third kappa shape index (κ3) is 1.98. The normalized spacial score (nSPS) is 34.3. The van der Waals surface area contributed by atoms with Crippen molar-refractivity contribution in [3.05, 3.63) is 0 Å². The SMILES string of the molecule is CC1COCC(C)(C)C1. The average Bonchev–Trinajstić information content (AvgIpc) is 1.60. The Labute approximate surface area is 57.4 Å². The average molecular weight is 128 g/mol. The van der Waals surface area contributed by atoms with Gasteiger partial charge < -0.3 is 4.74 Å². The van der Waals surface area contributed by atoms with Gasteiger partial charge in [0.1, 0.15) is 0 Å². The van der Waals surface area contributed by atoms with Crippen LogP contribution in [0.5, 0.6) is 0 Å². The molecule has 0 aromatic heterocycles. The zero-order valence-corrected chi connectivity index (χ0v) is 6.61. The topological polar surface area (TPSA) is 9.23 Å². The van der Waals surface area contributed by atoms with Crippen molar-refractivity contribution < 1.29 is 4.74 Å². The maximum atomic E-state index is 5.40. The van der Waals surface area contributed by atoms with Gasteiger partial charge in [0, 0.05) is 6.61 Å². The number of rotatable bonds is 0. The molecule has 1 aliphatic rings. The molecule has 1 heteroatoms. The maximum Gasteiger partial charge on any atom is 0.0517 e. The number of hydrogen-bond donors (Lipinski definition) is 0. The Bertz CT molecular complexity index is 96.7. The second kappa shape index (κ2) is 2.30. The van der Waals surface area contributed by atoms with Crippen molar-refractivity contribution >= 4 is 0 Å². The molecule has 1 aliphatic heterocycles. The van der Waals surface area contributed by atoms with Gasteiger partial charge >= 0.3 is 0 Å². The summed E-state index contributed by atoms with van der Waals surface area (Å²) in [5, 5.41) is 0. The summed E-state index contributed by atoms with van der Waals surface area (Å²) >= 11 is 0. The van der Waals surface area contributed by atoms with Crippen molar-refractivity contribution in [3.8, 4) is 0 Å². The van der Waals surface area contributed by atoms with E-state index in [0.29, 0.717) is 5.41 Å². The lowest BCUT2D eigenvalue weighted by Crippen LogP contribution is -2.30. The highest BCUT2D eigenvalue weighted by Gasteiger charge is 2.25. The van der Waals surface area contributed by atoms with E-state index >= 15 is 0 Å². The molecule has 1 rings (SSSR count). The summed E-state index contributed by atoms with van der Waals surface area (Å²) in [7, 11) is 0. The predicted molar refractivity (Wildman–Crippen MR) is 38.4 cm³/mol. The van der Waals surface area contributed by atoms with E-state index in [-0.39, 0.29) is 0 Å². The van der Waals surface area contributed by atoms with Crippen molar-refractivity contribution in [3.63, 3.8) is 0 Å². The van der Waals surface area contributed by atoms with Crippen LogP contribution in [0.3, 0.4) is 0 Å². The number of ether oxygens (including phenoxy) is 1. The van der Waals surface area contributed by atoms with E-state index < -0.39 is 0 Å². The first-order valence-electron chi connectivity index (χ1n) is 3.68. The van der Waals surface area contributed by atoms with Crippen LogP contribution in [0.2, 0.25) is 0 Å². The third-order valence-corrected chi connectivity index (χ3v) is 1.80. The summed E-state index contributed by atoms with van der Waals surface area (Å²) in [5.74, 6) is 0.758. The van der Waals surface area contributed by atoms with Gasteiger partial charge in [0.25, 0.3) is 0 Å². The van der Waals surface area contributed by atoms with E-state index in [1.807, 2.05) is 0 Å². The lowest BCUT2D eigenvalue weighted by Gasteiger charge is -2.33. The molecule has 0 saturated carbocycles. The minimum Gasteiger partial charge on any atom is -0.381 e. The number of hydrogen-bond acceptors (Lipinski definition) is 1. The molecule has 0 radical (unpaired) electrons. The zero-order chi connectivity index (χ0) is 6.91. The summed E-state index contributed by atoms with van der Waals surface area (Å²) in [4.78, 5) is 0. The minimum absolute atomic E-state index is 0.428. The Kier molecular flexibility index (Phi) is 1.80. The van der Waals surface area contributed by atoms with Crippen LogP contribution in [-0.4, -0.2) is 13.2 Å². The molecule has 1 atom stereocenters. The second-order valence-electron chi connectivity index (χ2n) is 3.99. The molecule has 1 unspecified atom stereocenters. The van der Waals surface area contributed by atoms with Gasteiger partial charge in [-0.05, 0) is 17.8 Å². The Morgan fingerprint density at radius 3 is 2.44 bits per heavy atom. The fourth-order valence-electron chi connectivity index (χ4n) is 1.60. The van der Waals surface area contributed by atoms with Gasteiger partial charge in [-0.2, -0.15) is 0 Å². The van der Waals surface area contributed by atoms with E-state index in [2.05, 4.69) is 20.8 Å². The first-order valence-corrected chi connectivity index (χ1v) is 3.68. The van der Waals surface area contributed by atoms with Crippen LogP contribution in [0, 0.1) is 11.3 Å². The second-order valence-corrected chi connectivity index (χ2v) is 3.99. The molecule has 1 heterocycles. The van der Waals surface area contributed by atoms with Crippen molar-refractivity contribution in [2.45, 2.75) is 27.2 Å². The van der Waals surface area contributed by atoms with Crippen LogP contribution in [0.15, 0.2) is 0 Å². The van der Waals surface area contributed by atoms with Crippen LogP contribution in [0.4, 0.5) is 0 Å². The minimum atomic E-state index is 0.428.